The highest BCUT2D eigenvalue weighted by Gasteiger charge is 2.47. The van der Waals surface area contributed by atoms with Crippen molar-refractivity contribution in [3.8, 4) is 11.1 Å². The monoisotopic (exact) mass is 635 g/mol. The molecule has 3 atom stereocenters. The van der Waals surface area contributed by atoms with Gasteiger partial charge in [-0.3, -0.25) is 9.47 Å². The van der Waals surface area contributed by atoms with Crippen LogP contribution in [0.2, 0.25) is 0 Å². The Hall–Kier alpha value is -3.00. The number of aliphatic hydroxyl groups is 1. The highest BCUT2D eigenvalue weighted by atomic mass is 32.2. The van der Waals surface area contributed by atoms with Crippen LogP contribution in [-0.4, -0.2) is 81.2 Å². The van der Waals surface area contributed by atoms with Crippen LogP contribution >= 0.6 is 11.8 Å². The van der Waals surface area contributed by atoms with Crippen LogP contribution in [0.4, 0.5) is 27.8 Å². The minimum absolute atomic E-state index is 0.117. The van der Waals surface area contributed by atoms with Gasteiger partial charge in [-0.15, -0.1) is 11.8 Å². The van der Waals surface area contributed by atoms with E-state index in [-0.39, 0.29) is 64.3 Å². The van der Waals surface area contributed by atoms with Crippen molar-refractivity contribution in [1.29, 1.82) is 0 Å². The zero-order valence-corrected chi connectivity index (χ0v) is 25.5. The van der Waals surface area contributed by atoms with Gasteiger partial charge in [-0.25, -0.2) is 13.6 Å². The van der Waals surface area contributed by atoms with E-state index in [4.69, 9.17) is 0 Å². The number of aliphatic hydroxyl groups excluding tert-OH is 1. The quantitative estimate of drug-likeness (QED) is 0.306. The Balaban J connectivity index is 1.63. The molecular formula is C31H34F5N5O2S. The number of halogens is 5. The van der Waals surface area contributed by atoms with Crippen LogP contribution in [0.15, 0.2) is 46.6 Å². The van der Waals surface area contributed by atoms with Crippen LogP contribution in [-0.2, 0) is 12.7 Å². The molecule has 0 saturated carbocycles. The van der Waals surface area contributed by atoms with E-state index in [9.17, 15) is 27.5 Å². The maximum Gasteiger partial charge on any atom is 0.417 e. The van der Waals surface area contributed by atoms with Crippen molar-refractivity contribution in [2.75, 3.05) is 43.4 Å². The maximum atomic E-state index is 15.3. The number of rotatable bonds is 5. The van der Waals surface area contributed by atoms with Gasteiger partial charge >= 0.3 is 11.9 Å². The fourth-order valence-electron chi connectivity index (χ4n) is 7.18. The molecule has 236 valence electrons. The van der Waals surface area contributed by atoms with E-state index in [1.807, 2.05) is 25.7 Å². The summed E-state index contributed by atoms with van der Waals surface area (Å²) in [5.41, 5.74) is -2.56. The van der Waals surface area contributed by atoms with Gasteiger partial charge < -0.3 is 14.9 Å². The predicted molar refractivity (Wildman–Crippen MR) is 161 cm³/mol. The highest BCUT2D eigenvalue weighted by molar-refractivity contribution is 7.99. The van der Waals surface area contributed by atoms with Gasteiger partial charge in [-0.05, 0) is 44.7 Å². The normalized spacial score (nSPS) is 23.1. The number of alkyl halides is 3. The fraction of sp³-hybridized carbons (Fsp3) is 0.484. The Morgan fingerprint density at radius 3 is 2.43 bits per heavy atom. The number of thioether (sulfide) groups is 1. The van der Waals surface area contributed by atoms with Gasteiger partial charge in [0.2, 0.25) is 0 Å². The number of nitrogens with zero attached hydrogens (tertiary/aromatic N) is 5. The van der Waals surface area contributed by atoms with E-state index >= 15 is 4.39 Å². The molecule has 0 radical (unpaired) electrons. The third-order valence-corrected chi connectivity index (χ3v) is 10.5. The first-order valence-corrected chi connectivity index (χ1v) is 15.6. The van der Waals surface area contributed by atoms with Crippen LogP contribution in [0, 0.1) is 17.0 Å². The summed E-state index contributed by atoms with van der Waals surface area (Å²) < 4.78 is 75.5. The third kappa shape index (κ3) is 5.11. The van der Waals surface area contributed by atoms with Gasteiger partial charge in [-0.1, -0.05) is 13.5 Å². The summed E-state index contributed by atoms with van der Waals surface area (Å²) in [7, 11) is 0. The van der Waals surface area contributed by atoms with Crippen LogP contribution < -0.4 is 10.6 Å². The van der Waals surface area contributed by atoms with Crippen molar-refractivity contribution in [3.05, 3.63) is 64.6 Å². The maximum absolute atomic E-state index is 15.3. The molecule has 7 nitrogen and oxygen atoms in total. The summed E-state index contributed by atoms with van der Waals surface area (Å²) in [5, 5.41) is 10.6. The summed E-state index contributed by atoms with van der Waals surface area (Å²) in [6.45, 7) is 12.4. The average Bonchev–Trinajstić information content (AvgIpc) is 3.12. The van der Waals surface area contributed by atoms with Crippen molar-refractivity contribution >= 4 is 28.5 Å². The number of hydrogen-bond acceptors (Lipinski definition) is 7. The molecule has 6 rings (SSSR count). The lowest BCUT2D eigenvalue weighted by atomic mass is 9.81. The molecule has 1 spiro atoms. The van der Waals surface area contributed by atoms with E-state index in [2.05, 4.69) is 16.5 Å². The molecule has 0 aliphatic carbocycles. The second-order valence-electron chi connectivity index (χ2n) is 12.2. The number of piperazine rings is 1. The van der Waals surface area contributed by atoms with Crippen molar-refractivity contribution < 1.29 is 27.1 Å². The first-order chi connectivity index (χ1) is 20.8. The third-order valence-electron chi connectivity index (χ3n) is 9.09. The van der Waals surface area contributed by atoms with Gasteiger partial charge in [-0.2, -0.15) is 18.2 Å². The smallest absolute Gasteiger partial charge is 0.375 e. The lowest BCUT2D eigenvalue weighted by molar-refractivity contribution is -0.137. The van der Waals surface area contributed by atoms with Gasteiger partial charge in [0.05, 0.1) is 11.1 Å². The molecule has 0 amide bonds. The highest BCUT2D eigenvalue weighted by Crippen LogP contribution is 2.51. The van der Waals surface area contributed by atoms with Crippen molar-refractivity contribution in [3.63, 3.8) is 0 Å². The predicted octanol–water partition coefficient (Wildman–Crippen LogP) is 5.19. The van der Waals surface area contributed by atoms with E-state index in [0.717, 1.165) is 24.7 Å². The number of aromatic nitrogens is 2. The van der Waals surface area contributed by atoms with Gasteiger partial charge in [0.1, 0.15) is 23.7 Å². The lowest BCUT2D eigenvalue weighted by Gasteiger charge is -2.49. The summed E-state index contributed by atoms with van der Waals surface area (Å²) in [5.74, 6) is -1.49. The Bertz CT molecular complexity index is 1680. The molecule has 1 N–H and O–H groups in total. The molecule has 13 heteroatoms. The second kappa shape index (κ2) is 11.1. The van der Waals surface area contributed by atoms with Crippen molar-refractivity contribution in [1.82, 2.24) is 19.4 Å². The second-order valence-corrected chi connectivity index (χ2v) is 13.2. The minimum atomic E-state index is -4.90. The molecule has 1 unspecified atom stereocenters. The SMILES string of the molecule is C=CC(O)N1[C@H](C)CN(c2nc(=O)n3c4c(c(-c5ccc(F)cc5F)c(C(F)(F)F)cc24)SCC2(CN(CC)C2)C3)C[C@@H]1C. The topological polar surface area (TPSA) is 64.8 Å². The van der Waals surface area contributed by atoms with E-state index in [0.29, 0.717) is 24.9 Å². The van der Waals surface area contributed by atoms with Crippen LogP contribution in [0.5, 0.6) is 0 Å². The lowest BCUT2D eigenvalue weighted by Crippen LogP contribution is -2.60. The van der Waals surface area contributed by atoms with E-state index in [1.54, 1.807) is 4.90 Å². The zero-order chi connectivity index (χ0) is 31.7. The number of anilines is 1. The summed E-state index contributed by atoms with van der Waals surface area (Å²) in [6, 6.07) is 3.01. The first-order valence-electron chi connectivity index (χ1n) is 14.6. The molecule has 44 heavy (non-hydrogen) atoms. The standard InChI is InChI=1S/C31H34F5N5O2S/c1-5-24(42)41-17(3)11-39(12-18(41)4)28-21-10-22(31(34,35)36)25(20-8-7-19(32)9-23(20)33)27-26(21)40(29(43)37-28)15-30(16-44-27)13-38(6-2)14-30/h5,7-10,17-18,24,42H,1,6,11-16H2,2-4H3/t17-,18+,24?. The minimum Gasteiger partial charge on any atom is -0.375 e. The van der Waals surface area contributed by atoms with Crippen LogP contribution in [0.1, 0.15) is 26.3 Å². The van der Waals surface area contributed by atoms with Crippen molar-refractivity contribution in [2.45, 2.75) is 56.7 Å². The number of likely N-dealkylation sites (tertiary alicyclic amines) is 1. The average molecular weight is 636 g/mol. The molecular weight excluding hydrogens is 601 g/mol. The molecule has 2 aromatic carbocycles. The first kappa shape index (κ1) is 31.0. The Morgan fingerprint density at radius 1 is 1.16 bits per heavy atom. The molecule has 0 bridgehead atoms. The summed E-state index contributed by atoms with van der Waals surface area (Å²) in [6.07, 6.45) is -4.40. The molecule has 3 aliphatic rings. The molecule has 4 heterocycles. The van der Waals surface area contributed by atoms with Gasteiger partial charge in [0, 0.05) is 83.5 Å². The van der Waals surface area contributed by atoms with Crippen molar-refractivity contribution in [2.24, 2.45) is 5.41 Å². The molecule has 1 aromatic heterocycles. The van der Waals surface area contributed by atoms with Crippen LogP contribution in [0.3, 0.4) is 0 Å². The van der Waals surface area contributed by atoms with Gasteiger partial charge in [0.15, 0.2) is 0 Å². The Morgan fingerprint density at radius 2 is 1.84 bits per heavy atom. The largest absolute Gasteiger partial charge is 0.417 e. The van der Waals surface area contributed by atoms with Crippen LogP contribution in [0.25, 0.3) is 22.0 Å². The summed E-state index contributed by atoms with van der Waals surface area (Å²) >= 11 is 1.19. The number of benzene rings is 2. The number of hydrogen-bond donors (Lipinski definition) is 1. The molecule has 3 aliphatic heterocycles. The molecule has 2 saturated heterocycles. The molecule has 3 aromatic rings. The van der Waals surface area contributed by atoms with E-state index < -0.39 is 40.9 Å². The fourth-order valence-corrected chi connectivity index (χ4v) is 8.63. The zero-order valence-electron chi connectivity index (χ0n) is 24.7. The Labute approximate surface area is 256 Å². The summed E-state index contributed by atoms with van der Waals surface area (Å²) in [4.78, 5) is 24.2. The van der Waals surface area contributed by atoms with E-state index in [1.165, 1.54) is 22.4 Å². The Kier molecular flexibility index (Phi) is 7.83. The molecule has 2 fully saturated rings. The van der Waals surface area contributed by atoms with Gasteiger partial charge in [0.25, 0.3) is 0 Å².